The Bertz CT molecular complexity index is 623. The summed E-state index contributed by atoms with van der Waals surface area (Å²) in [5.41, 5.74) is 0.483. The van der Waals surface area contributed by atoms with Crippen LogP contribution < -0.4 is 10.0 Å². The van der Waals surface area contributed by atoms with Crippen molar-refractivity contribution in [3.63, 3.8) is 0 Å². The van der Waals surface area contributed by atoms with Gasteiger partial charge in [-0.05, 0) is 31.2 Å². The van der Waals surface area contributed by atoms with Crippen LogP contribution in [-0.2, 0) is 16.6 Å². The predicted molar refractivity (Wildman–Crippen MR) is 71.1 cm³/mol. The summed E-state index contributed by atoms with van der Waals surface area (Å²) in [4.78, 5) is 3.93. The highest BCUT2D eigenvalue weighted by molar-refractivity contribution is 7.89. The van der Waals surface area contributed by atoms with Gasteiger partial charge in [0.25, 0.3) is 10.0 Å². The average molecular weight is 281 g/mol. The minimum Gasteiger partial charge on any atom is -0.468 e. The first-order chi connectivity index (χ1) is 9.13. The van der Waals surface area contributed by atoms with E-state index in [0.717, 1.165) is 0 Å². The maximum Gasteiger partial charge on any atom is 0.260 e. The Balaban J connectivity index is 2.19. The third kappa shape index (κ3) is 3.33. The molecule has 2 N–H and O–H groups in total. The Morgan fingerprint density at radius 1 is 1.32 bits per heavy atom. The Hall–Kier alpha value is -1.86. The maximum atomic E-state index is 12.2. The SMILES string of the molecule is CCNc1cccnc1S(=O)(=O)NCc1ccco1. The molecule has 102 valence electrons. The summed E-state index contributed by atoms with van der Waals surface area (Å²) in [6, 6.07) is 6.77. The second-order valence-electron chi connectivity index (χ2n) is 3.79. The number of nitrogens with zero attached hydrogens (tertiary/aromatic N) is 1. The van der Waals surface area contributed by atoms with Crippen molar-refractivity contribution < 1.29 is 12.8 Å². The minimum atomic E-state index is -3.67. The van der Waals surface area contributed by atoms with Gasteiger partial charge in [0.2, 0.25) is 0 Å². The Morgan fingerprint density at radius 2 is 2.16 bits per heavy atom. The molecule has 0 aromatic carbocycles. The van der Waals surface area contributed by atoms with E-state index in [-0.39, 0.29) is 11.6 Å². The highest BCUT2D eigenvalue weighted by atomic mass is 32.2. The molecular formula is C12H15N3O3S. The van der Waals surface area contributed by atoms with Gasteiger partial charge < -0.3 is 9.73 Å². The van der Waals surface area contributed by atoms with Crippen LogP contribution in [0.4, 0.5) is 5.69 Å². The van der Waals surface area contributed by atoms with Gasteiger partial charge in [-0.15, -0.1) is 0 Å². The number of sulfonamides is 1. The van der Waals surface area contributed by atoms with Crippen LogP contribution in [0.25, 0.3) is 0 Å². The van der Waals surface area contributed by atoms with Gasteiger partial charge in [-0.2, -0.15) is 0 Å². The van der Waals surface area contributed by atoms with E-state index in [4.69, 9.17) is 4.42 Å². The molecule has 0 aliphatic heterocycles. The number of nitrogens with one attached hydrogen (secondary N) is 2. The molecule has 6 nitrogen and oxygen atoms in total. The van der Waals surface area contributed by atoms with Crippen LogP contribution in [0.15, 0.2) is 46.2 Å². The number of hydrogen-bond acceptors (Lipinski definition) is 5. The van der Waals surface area contributed by atoms with Crippen molar-refractivity contribution in [2.75, 3.05) is 11.9 Å². The molecule has 0 fully saturated rings. The lowest BCUT2D eigenvalue weighted by Gasteiger charge is -2.10. The molecule has 2 rings (SSSR count). The number of anilines is 1. The van der Waals surface area contributed by atoms with Gasteiger partial charge in [0.1, 0.15) is 5.76 Å². The molecule has 0 amide bonds. The molecule has 0 saturated heterocycles. The summed E-state index contributed by atoms with van der Waals surface area (Å²) >= 11 is 0. The topological polar surface area (TPSA) is 84.2 Å². The highest BCUT2D eigenvalue weighted by Gasteiger charge is 2.19. The third-order valence-electron chi connectivity index (χ3n) is 2.41. The van der Waals surface area contributed by atoms with Crippen LogP contribution in [0.2, 0.25) is 0 Å². The monoisotopic (exact) mass is 281 g/mol. The number of pyridine rings is 1. The molecule has 0 atom stereocenters. The quantitative estimate of drug-likeness (QED) is 0.840. The summed E-state index contributed by atoms with van der Waals surface area (Å²) in [6.45, 7) is 2.60. The van der Waals surface area contributed by atoms with Gasteiger partial charge in [-0.3, -0.25) is 0 Å². The Morgan fingerprint density at radius 3 is 2.84 bits per heavy atom. The molecular weight excluding hydrogens is 266 g/mol. The smallest absolute Gasteiger partial charge is 0.260 e. The summed E-state index contributed by atoms with van der Waals surface area (Å²) in [7, 11) is -3.67. The summed E-state index contributed by atoms with van der Waals surface area (Å²) in [5.74, 6) is 0.546. The van der Waals surface area contributed by atoms with E-state index < -0.39 is 10.0 Å². The third-order valence-corrected chi connectivity index (χ3v) is 3.77. The summed E-state index contributed by atoms with van der Waals surface area (Å²) < 4.78 is 31.9. The highest BCUT2D eigenvalue weighted by Crippen LogP contribution is 2.17. The largest absolute Gasteiger partial charge is 0.468 e. The molecule has 0 saturated carbocycles. The van der Waals surface area contributed by atoms with Crippen LogP contribution in [0, 0.1) is 0 Å². The first-order valence-corrected chi connectivity index (χ1v) is 7.32. The van der Waals surface area contributed by atoms with Crippen LogP contribution in [-0.4, -0.2) is 19.9 Å². The average Bonchev–Trinajstić information content (AvgIpc) is 2.91. The molecule has 0 unspecified atom stereocenters. The van der Waals surface area contributed by atoms with Crippen LogP contribution >= 0.6 is 0 Å². The normalized spacial score (nSPS) is 11.4. The second-order valence-corrected chi connectivity index (χ2v) is 5.47. The lowest BCUT2D eigenvalue weighted by Crippen LogP contribution is -2.25. The van der Waals surface area contributed by atoms with Gasteiger partial charge in [0.15, 0.2) is 5.03 Å². The van der Waals surface area contributed by atoms with E-state index in [0.29, 0.717) is 18.0 Å². The molecule has 0 aliphatic carbocycles. The van der Waals surface area contributed by atoms with E-state index in [1.165, 1.54) is 12.5 Å². The fraction of sp³-hybridized carbons (Fsp3) is 0.250. The molecule has 2 aromatic heterocycles. The zero-order valence-corrected chi connectivity index (χ0v) is 11.3. The van der Waals surface area contributed by atoms with Gasteiger partial charge in [0.05, 0.1) is 18.5 Å². The molecule has 0 spiro atoms. The predicted octanol–water partition coefficient (Wildman–Crippen LogP) is 1.58. The molecule has 0 aliphatic rings. The molecule has 0 bridgehead atoms. The first-order valence-electron chi connectivity index (χ1n) is 5.84. The number of aromatic nitrogens is 1. The second kappa shape index (κ2) is 5.85. The van der Waals surface area contributed by atoms with E-state index in [1.54, 1.807) is 24.3 Å². The van der Waals surface area contributed by atoms with Crippen molar-refractivity contribution in [2.24, 2.45) is 0 Å². The van der Waals surface area contributed by atoms with Crippen molar-refractivity contribution in [2.45, 2.75) is 18.5 Å². The van der Waals surface area contributed by atoms with E-state index in [2.05, 4.69) is 15.0 Å². The van der Waals surface area contributed by atoms with Crippen molar-refractivity contribution in [3.05, 3.63) is 42.5 Å². The minimum absolute atomic E-state index is 0.0107. The lowest BCUT2D eigenvalue weighted by atomic mass is 10.4. The van der Waals surface area contributed by atoms with Gasteiger partial charge in [0, 0.05) is 12.7 Å². The zero-order chi connectivity index (χ0) is 13.7. The fourth-order valence-electron chi connectivity index (χ4n) is 1.58. The van der Waals surface area contributed by atoms with Gasteiger partial charge >= 0.3 is 0 Å². The van der Waals surface area contributed by atoms with Gasteiger partial charge in [-0.1, -0.05) is 0 Å². The molecule has 2 aromatic rings. The fourth-order valence-corrected chi connectivity index (χ4v) is 2.68. The van der Waals surface area contributed by atoms with Crippen molar-refractivity contribution in [3.8, 4) is 0 Å². The molecule has 2 heterocycles. The van der Waals surface area contributed by atoms with E-state index in [9.17, 15) is 8.42 Å². The standard InChI is InChI=1S/C12H15N3O3S/c1-2-13-11-6-3-7-14-12(11)19(16,17)15-9-10-5-4-8-18-10/h3-8,13,15H,2,9H2,1H3. The molecule has 0 radical (unpaired) electrons. The Labute approximate surface area is 111 Å². The van der Waals surface area contributed by atoms with Crippen LogP contribution in [0.5, 0.6) is 0 Å². The summed E-state index contributed by atoms with van der Waals surface area (Å²) in [5, 5.41) is 2.96. The van der Waals surface area contributed by atoms with Crippen LogP contribution in [0.3, 0.4) is 0 Å². The lowest BCUT2D eigenvalue weighted by molar-refractivity contribution is 0.498. The molecule has 7 heteroatoms. The van der Waals surface area contributed by atoms with Crippen LogP contribution in [0.1, 0.15) is 12.7 Å². The van der Waals surface area contributed by atoms with Crippen molar-refractivity contribution in [1.82, 2.24) is 9.71 Å². The number of furan rings is 1. The summed E-state index contributed by atoms with van der Waals surface area (Å²) in [6.07, 6.45) is 2.94. The maximum absolute atomic E-state index is 12.2. The van der Waals surface area contributed by atoms with Crippen molar-refractivity contribution >= 4 is 15.7 Å². The van der Waals surface area contributed by atoms with E-state index >= 15 is 0 Å². The Kier molecular flexibility index (Phi) is 4.18. The van der Waals surface area contributed by atoms with Crippen molar-refractivity contribution in [1.29, 1.82) is 0 Å². The zero-order valence-electron chi connectivity index (χ0n) is 10.5. The van der Waals surface area contributed by atoms with E-state index in [1.807, 2.05) is 6.92 Å². The van der Waals surface area contributed by atoms with Gasteiger partial charge in [-0.25, -0.2) is 18.1 Å². The number of hydrogen-bond donors (Lipinski definition) is 2. The molecule has 19 heavy (non-hydrogen) atoms. The first kappa shape index (κ1) is 13.6. The number of rotatable bonds is 6.